The van der Waals surface area contributed by atoms with Crippen LogP contribution in [0.25, 0.3) is 33.3 Å². The van der Waals surface area contributed by atoms with Crippen molar-refractivity contribution in [3.63, 3.8) is 0 Å². The van der Waals surface area contributed by atoms with Gasteiger partial charge in [-0.1, -0.05) is 12.1 Å². The molecule has 0 aliphatic heterocycles. The summed E-state index contributed by atoms with van der Waals surface area (Å²) in [7, 11) is 2.04. The molecule has 0 amide bonds. The van der Waals surface area contributed by atoms with Gasteiger partial charge in [0.15, 0.2) is 11.8 Å². The Labute approximate surface area is 116 Å². The molecule has 1 aromatic carbocycles. The van der Waals surface area contributed by atoms with E-state index in [1.54, 1.807) is 6.20 Å². The SMILES string of the molecule is C[n+]1ccccc1-c1cccc2c1oc1ncccc12. The van der Waals surface area contributed by atoms with Crippen LogP contribution >= 0.6 is 0 Å². The molecule has 0 saturated heterocycles. The van der Waals surface area contributed by atoms with E-state index in [4.69, 9.17) is 4.42 Å². The van der Waals surface area contributed by atoms with Crippen LogP contribution in [0.5, 0.6) is 0 Å². The molecule has 0 N–H and O–H groups in total. The molecule has 0 aliphatic carbocycles. The number of rotatable bonds is 1. The van der Waals surface area contributed by atoms with Crippen molar-refractivity contribution in [3.05, 3.63) is 60.9 Å². The molecule has 0 spiro atoms. The maximum atomic E-state index is 5.97. The highest BCUT2D eigenvalue weighted by Crippen LogP contribution is 2.33. The molecule has 0 aliphatic rings. The lowest BCUT2D eigenvalue weighted by molar-refractivity contribution is -0.660. The zero-order chi connectivity index (χ0) is 13.5. The van der Waals surface area contributed by atoms with E-state index in [1.807, 2.05) is 37.5 Å². The average Bonchev–Trinajstić information content (AvgIpc) is 2.86. The number of hydrogen-bond donors (Lipinski definition) is 0. The maximum Gasteiger partial charge on any atom is 0.227 e. The summed E-state index contributed by atoms with van der Waals surface area (Å²) in [6.45, 7) is 0. The predicted molar refractivity (Wildman–Crippen MR) is 78.1 cm³/mol. The number of para-hydroxylation sites is 1. The van der Waals surface area contributed by atoms with Crippen LogP contribution in [0.2, 0.25) is 0 Å². The molecule has 0 unspecified atom stereocenters. The summed E-state index contributed by atoms with van der Waals surface area (Å²) in [5, 5.41) is 2.16. The summed E-state index contributed by atoms with van der Waals surface area (Å²) in [5.41, 5.74) is 3.79. The van der Waals surface area contributed by atoms with E-state index in [0.717, 1.165) is 27.6 Å². The Balaban J connectivity index is 2.13. The fourth-order valence-electron chi connectivity index (χ4n) is 2.64. The van der Waals surface area contributed by atoms with Crippen molar-refractivity contribution in [1.82, 2.24) is 4.98 Å². The van der Waals surface area contributed by atoms with E-state index in [-0.39, 0.29) is 0 Å². The topological polar surface area (TPSA) is 29.9 Å². The van der Waals surface area contributed by atoms with Gasteiger partial charge in [-0.2, -0.15) is 0 Å². The molecule has 3 nitrogen and oxygen atoms in total. The van der Waals surface area contributed by atoms with Gasteiger partial charge < -0.3 is 4.42 Å². The van der Waals surface area contributed by atoms with Gasteiger partial charge in [-0.3, -0.25) is 0 Å². The molecule has 0 saturated carbocycles. The summed E-state index contributed by atoms with van der Waals surface area (Å²) < 4.78 is 8.06. The van der Waals surface area contributed by atoms with Crippen molar-refractivity contribution in [2.75, 3.05) is 0 Å². The maximum absolute atomic E-state index is 5.97. The summed E-state index contributed by atoms with van der Waals surface area (Å²) >= 11 is 0. The molecule has 3 heterocycles. The summed E-state index contributed by atoms with van der Waals surface area (Å²) in [4.78, 5) is 4.30. The summed E-state index contributed by atoms with van der Waals surface area (Å²) in [5.74, 6) is 0. The first-order valence-electron chi connectivity index (χ1n) is 6.56. The van der Waals surface area contributed by atoms with Gasteiger partial charge in [0.2, 0.25) is 11.4 Å². The van der Waals surface area contributed by atoms with Gasteiger partial charge in [-0.15, -0.1) is 0 Å². The molecule has 96 valence electrons. The molecule has 20 heavy (non-hydrogen) atoms. The Hall–Kier alpha value is -2.68. The highest BCUT2D eigenvalue weighted by atomic mass is 16.3. The van der Waals surface area contributed by atoms with Crippen LogP contribution in [0.1, 0.15) is 0 Å². The second kappa shape index (κ2) is 4.17. The van der Waals surface area contributed by atoms with Gasteiger partial charge in [-0.05, 0) is 24.3 Å². The lowest BCUT2D eigenvalue weighted by Crippen LogP contribution is -2.29. The Morgan fingerprint density at radius 2 is 1.85 bits per heavy atom. The molecule has 0 radical (unpaired) electrons. The van der Waals surface area contributed by atoms with E-state index in [2.05, 4.69) is 33.8 Å². The lowest BCUT2D eigenvalue weighted by Gasteiger charge is -2.00. The van der Waals surface area contributed by atoms with E-state index in [0.29, 0.717) is 5.71 Å². The van der Waals surface area contributed by atoms with Gasteiger partial charge in [-0.25, -0.2) is 9.55 Å². The minimum Gasteiger partial charge on any atom is -0.437 e. The summed E-state index contributed by atoms with van der Waals surface area (Å²) in [6.07, 6.45) is 3.79. The van der Waals surface area contributed by atoms with Crippen molar-refractivity contribution in [1.29, 1.82) is 0 Å². The quantitative estimate of drug-likeness (QED) is 0.491. The molecular formula is C17H13N2O+. The predicted octanol–water partition coefficient (Wildman–Crippen LogP) is 3.47. The number of hydrogen-bond acceptors (Lipinski definition) is 2. The Morgan fingerprint density at radius 3 is 2.75 bits per heavy atom. The highest BCUT2D eigenvalue weighted by Gasteiger charge is 2.17. The zero-order valence-corrected chi connectivity index (χ0v) is 11.1. The normalized spacial score (nSPS) is 11.2. The van der Waals surface area contributed by atoms with Crippen molar-refractivity contribution < 1.29 is 8.98 Å². The number of furan rings is 1. The van der Waals surface area contributed by atoms with E-state index in [9.17, 15) is 0 Å². The second-order valence-corrected chi connectivity index (χ2v) is 4.84. The zero-order valence-electron chi connectivity index (χ0n) is 11.1. The first-order chi connectivity index (χ1) is 9.84. The third kappa shape index (κ3) is 1.53. The van der Waals surface area contributed by atoms with Crippen molar-refractivity contribution in [3.8, 4) is 11.3 Å². The Kier molecular flexibility index (Phi) is 2.33. The van der Waals surface area contributed by atoms with Crippen LogP contribution in [0.3, 0.4) is 0 Å². The second-order valence-electron chi connectivity index (χ2n) is 4.84. The fraction of sp³-hybridized carbons (Fsp3) is 0.0588. The van der Waals surface area contributed by atoms with Crippen LogP contribution in [0.15, 0.2) is 65.3 Å². The van der Waals surface area contributed by atoms with Gasteiger partial charge in [0, 0.05) is 29.1 Å². The molecule has 0 atom stereocenters. The standard InChI is InChI=1S/C17H13N2O/c1-19-11-3-2-9-15(19)14-7-4-6-12-13-8-5-10-18-17(13)20-16(12)14/h2-11H,1H3/q+1. The minimum atomic E-state index is 0.688. The number of aryl methyl sites for hydroxylation is 1. The van der Waals surface area contributed by atoms with Crippen molar-refractivity contribution in [2.24, 2.45) is 7.05 Å². The molecule has 4 aromatic rings. The highest BCUT2D eigenvalue weighted by molar-refractivity contribution is 6.07. The number of fused-ring (bicyclic) bond motifs is 3. The monoisotopic (exact) mass is 261 g/mol. The minimum absolute atomic E-state index is 0.688. The lowest BCUT2D eigenvalue weighted by atomic mass is 10.1. The van der Waals surface area contributed by atoms with Gasteiger partial charge in [0.1, 0.15) is 7.05 Å². The van der Waals surface area contributed by atoms with Gasteiger partial charge in [0.25, 0.3) is 0 Å². The molecule has 3 aromatic heterocycles. The summed E-state index contributed by atoms with van der Waals surface area (Å²) in [6, 6.07) is 16.4. The van der Waals surface area contributed by atoms with Crippen LogP contribution in [0.4, 0.5) is 0 Å². The number of benzene rings is 1. The third-order valence-corrected chi connectivity index (χ3v) is 3.61. The van der Waals surface area contributed by atoms with E-state index >= 15 is 0 Å². The average molecular weight is 261 g/mol. The molecule has 3 heteroatoms. The Bertz CT molecular complexity index is 924. The van der Waals surface area contributed by atoms with E-state index in [1.165, 1.54) is 0 Å². The first kappa shape index (κ1) is 11.2. The van der Waals surface area contributed by atoms with Crippen LogP contribution in [-0.4, -0.2) is 4.98 Å². The number of aromatic nitrogens is 2. The first-order valence-corrected chi connectivity index (χ1v) is 6.56. The van der Waals surface area contributed by atoms with Crippen LogP contribution in [0, 0.1) is 0 Å². The molecular weight excluding hydrogens is 248 g/mol. The smallest absolute Gasteiger partial charge is 0.227 e. The van der Waals surface area contributed by atoms with Crippen LogP contribution in [-0.2, 0) is 7.05 Å². The number of pyridine rings is 2. The fourth-order valence-corrected chi connectivity index (χ4v) is 2.64. The van der Waals surface area contributed by atoms with Crippen molar-refractivity contribution >= 4 is 22.1 Å². The number of nitrogens with zero attached hydrogens (tertiary/aromatic N) is 2. The Morgan fingerprint density at radius 1 is 0.950 bits per heavy atom. The van der Waals surface area contributed by atoms with Gasteiger partial charge in [0.05, 0.1) is 5.56 Å². The van der Waals surface area contributed by atoms with Crippen molar-refractivity contribution in [2.45, 2.75) is 0 Å². The third-order valence-electron chi connectivity index (χ3n) is 3.61. The largest absolute Gasteiger partial charge is 0.437 e. The van der Waals surface area contributed by atoms with Gasteiger partial charge >= 0.3 is 0 Å². The van der Waals surface area contributed by atoms with Crippen LogP contribution < -0.4 is 4.57 Å². The molecule has 0 bridgehead atoms. The van der Waals surface area contributed by atoms with E-state index < -0.39 is 0 Å². The molecule has 0 fully saturated rings. The molecule has 4 rings (SSSR count).